The average molecular weight is 248 g/mol. The number of anilines is 1. The molecule has 0 aliphatic carbocycles. The molecule has 0 saturated carbocycles. The Kier molecular flexibility index (Phi) is 3.87. The van der Waals surface area contributed by atoms with Crippen molar-refractivity contribution < 1.29 is 5.11 Å². The van der Waals surface area contributed by atoms with Crippen molar-refractivity contribution in [3.8, 4) is 0 Å². The number of rotatable bonds is 3. The summed E-state index contributed by atoms with van der Waals surface area (Å²) in [6.45, 7) is 5.36. The van der Waals surface area contributed by atoms with Crippen LogP contribution in [-0.4, -0.2) is 16.7 Å². The zero-order chi connectivity index (χ0) is 11.6. The fourth-order valence-electron chi connectivity index (χ4n) is 1.03. The Balaban J connectivity index is 2.86. The summed E-state index contributed by atoms with van der Waals surface area (Å²) in [6, 6.07) is 5.25. The van der Waals surface area contributed by atoms with Gasteiger partial charge in [0.25, 0.3) is 0 Å². The van der Waals surface area contributed by atoms with E-state index >= 15 is 0 Å². The molecule has 2 N–H and O–H groups in total. The van der Waals surface area contributed by atoms with Gasteiger partial charge in [-0.15, -0.1) is 0 Å². The lowest BCUT2D eigenvalue weighted by Gasteiger charge is -2.28. The SMILES string of the molecule is CC(Nc1cccc(Cl)c1Cl)C(C)(C)O. The van der Waals surface area contributed by atoms with Crippen LogP contribution < -0.4 is 5.32 Å². The van der Waals surface area contributed by atoms with E-state index in [9.17, 15) is 5.11 Å². The molecule has 0 aromatic heterocycles. The molecule has 0 fully saturated rings. The lowest BCUT2D eigenvalue weighted by atomic mass is 10.0. The minimum atomic E-state index is -0.814. The molecule has 4 heteroatoms. The molecule has 0 amide bonds. The zero-order valence-corrected chi connectivity index (χ0v) is 10.5. The van der Waals surface area contributed by atoms with Crippen molar-refractivity contribution >= 4 is 28.9 Å². The molecule has 1 rings (SSSR count). The quantitative estimate of drug-likeness (QED) is 0.857. The molecule has 15 heavy (non-hydrogen) atoms. The van der Waals surface area contributed by atoms with Crippen LogP contribution in [0.25, 0.3) is 0 Å². The van der Waals surface area contributed by atoms with Crippen molar-refractivity contribution in [2.24, 2.45) is 0 Å². The monoisotopic (exact) mass is 247 g/mol. The van der Waals surface area contributed by atoms with Crippen LogP contribution in [0.4, 0.5) is 5.69 Å². The third kappa shape index (κ3) is 3.26. The van der Waals surface area contributed by atoms with Crippen molar-refractivity contribution in [1.82, 2.24) is 0 Å². The maximum Gasteiger partial charge on any atom is 0.0823 e. The number of aliphatic hydroxyl groups is 1. The van der Waals surface area contributed by atoms with Crippen LogP contribution >= 0.6 is 23.2 Å². The van der Waals surface area contributed by atoms with Crippen molar-refractivity contribution in [3.05, 3.63) is 28.2 Å². The van der Waals surface area contributed by atoms with Gasteiger partial charge in [-0.3, -0.25) is 0 Å². The predicted molar refractivity (Wildman–Crippen MR) is 65.8 cm³/mol. The highest BCUT2D eigenvalue weighted by Crippen LogP contribution is 2.30. The normalized spacial score (nSPS) is 13.7. The minimum absolute atomic E-state index is 0.117. The molecular formula is C11H15Cl2NO. The Hall–Kier alpha value is -0.440. The Morgan fingerprint density at radius 3 is 2.47 bits per heavy atom. The van der Waals surface area contributed by atoms with Gasteiger partial charge >= 0.3 is 0 Å². The highest BCUT2D eigenvalue weighted by Gasteiger charge is 2.22. The molecule has 1 unspecified atom stereocenters. The summed E-state index contributed by atoms with van der Waals surface area (Å²) in [6.07, 6.45) is 0. The number of halogens is 2. The van der Waals surface area contributed by atoms with Crippen molar-refractivity contribution in [3.63, 3.8) is 0 Å². The van der Waals surface area contributed by atoms with Crippen LogP contribution in [0.3, 0.4) is 0 Å². The van der Waals surface area contributed by atoms with Gasteiger partial charge in [-0.25, -0.2) is 0 Å². The number of benzene rings is 1. The Morgan fingerprint density at radius 1 is 1.33 bits per heavy atom. The highest BCUT2D eigenvalue weighted by atomic mass is 35.5. The summed E-state index contributed by atoms with van der Waals surface area (Å²) in [5, 5.41) is 13.9. The largest absolute Gasteiger partial charge is 0.388 e. The smallest absolute Gasteiger partial charge is 0.0823 e. The van der Waals surface area contributed by atoms with E-state index in [1.807, 2.05) is 19.1 Å². The average Bonchev–Trinajstić information content (AvgIpc) is 2.11. The van der Waals surface area contributed by atoms with Crippen molar-refractivity contribution in [2.75, 3.05) is 5.32 Å². The molecule has 0 spiro atoms. The molecule has 1 atom stereocenters. The van der Waals surface area contributed by atoms with Gasteiger partial charge in [0.05, 0.1) is 27.4 Å². The Bertz CT molecular complexity index is 347. The van der Waals surface area contributed by atoms with E-state index in [0.29, 0.717) is 10.0 Å². The second kappa shape index (κ2) is 4.60. The van der Waals surface area contributed by atoms with E-state index < -0.39 is 5.60 Å². The number of nitrogens with one attached hydrogen (secondary N) is 1. The van der Waals surface area contributed by atoms with Crippen LogP contribution in [0.1, 0.15) is 20.8 Å². The van der Waals surface area contributed by atoms with Gasteiger partial charge in [0.1, 0.15) is 0 Å². The standard InChI is InChI=1S/C11H15Cl2NO/c1-7(11(2,3)15)14-9-6-4-5-8(12)10(9)13/h4-7,14-15H,1-3H3. The summed E-state index contributed by atoms with van der Waals surface area (Å²) in [5.74, 6) is 0. The molecule has 0 saturated heterocycles. The van der Waals surface area contributed by atoms with Crippen molar-refractivity contribution in [1.29, 1.82) is 0 Å². The van der Waals surface area contributed by atoms with E-state index in [-0.39, 0.29) is 6.04 Å². The van der Waals surface area contributed by atoms with Gasteiger partial charge in [-0.2, -0.15) is 0 Å². The van der Waals surface area contributed by atoms with E-state index in [2.05, 4.69) is 5.32 Å². The van der Waals surface area contributed by atoms with Crippen LogP contribution in [0.15, 0.2) is 18.2 Å². The Morgan fingerprint density at radius 2 is 1.93 bits per heavy atom. The zero-order valence-electron chi connectivity index (χ0n) is 9.01. The van der Waals surface area contributed by atoms with Gasteiger partial charge in [-0.05, 0) is 32.9 Å². The molecule has 0 aliphatic heterocycles. The predicted octanol–water partition coefficient (Wildman–Crippen LogP) is 3.56. The van der Waals surface area contributed by atoms with Gasteiger partial charge in [0.2, 0.25) is 0 Å². The fraction of sp³-hybridized carbons (Fsp3) is 0.455. The second-order valence-corrected chi connectivity index (χ2v) is 4.91. The van der Waals surface area contributed by atoms with E-state index in [4.69, 9.17) is 23.2 Å². The molecule has 0 heterocycles. The van der Waals surface area contributed by atoms with Crippen LogP contribution in [0, 0.1) is 0 Å². The summed E-state index contributed by atoms with van der Waals surface area (Å²) in [5.41, 5.74) is -0.0789. The lowest BCUT2D eigenvalue weighted by molar-refractivity contribution is 0.0649. The van der Waals surface area contributed by atoms with Crippen LogP contribution in [0.2, 0.25) is 10.0 Å². The van der Waals surface area contributed by atoms with Gasteiger partial charge in [0, 0.05) is 0 Å². The second-order valence-electron chi connectivity index (χ2n) is 4.12. The third-order valence-corrected chi connectivity index (χ3v) is 3.20. The van der Waals surface area contributed by atoms with Gasteiger partial charge < -0.3 is 10.4 Å². The first-order valence-electron chi connectivity index (χ1n) is 4.75. The molecule has 2 nitrogen and oxygen atoms in total. The van der Waals surface area contributed by atoms with Crippen molar-refractivity contribution in [2.45, 2.75) is 32.4 Å². The summed E-state index contributed by atoms with van der Waals surface area (Å²) >= 11 is 11.9. The lowest BCUT2D eigenvalue weighted by Crippen LogP contribution is -2.39. The molecular weight excluding hydrogens is 233 g/mol. The van der Waals surface area contributed by atoms with Gasteiger partial charge in [-0.1, -0.05) is 29.3 Å². The number of hydrogen-bond donors (Lipinski definition) is 2. The topological polar surface area (TPSA) is 32.3 Å². The summed E-state index contributed by atoms with van der Waals surface area (Å²) in [4.78, 5) is 0. The van der Waals surface area contributed by atoms with Gasteiger partial charge in [0.15, 0.2) is 0 Å². The highest BCUT2D eigenvalue weighted by molar-refractivity contribution is 6.43. The first-order valence-corrected chi connectivity index (χ1v) is 5.51. The Labute approximate surface area is 100 Å². The first-order chi connectivity index (χ1) is 6.82. The van der Waals surface area contributed by atoms with E-state index in [0.717, 1.165) is 5.69 Å². The molecule has 0 radical (unpaired) electrons. The molecule has 0 aliphatic rings. The van der Waals surface area contributed by atoms with E-state index in [1.54, 1.807) is 19.9 Å². The van der Waals surface area contributed by atoms with Crippen LogP contribution in [0.5, 0.6) is 0 Å². The maximum absolute atomic E-state index is 9.77. The third-order valence-electron chi connectivity index (χ3n) is 2.38. The number of hydrogen-bond acceptors (Lipinski definition) is 2. The summed E-state index contributed by atoms with van der Waals surface area (Å²) in [7, 11) is 0. The first kappa shape index (κ1) is 12.6. The molecule has 0 bridgehead atoms. The maximum atomic E-state index is 9.77. The van der Waals surface area contributed by atoms with E-state index in [1.165, 1.54) is 0 Å². The minimum Gasteiger partial charge on any atom is -0.388 e. The fourth-order valence-corrected chi connectivity index (χ4v) is 1.38. The van der Waals surface area contributed by atoms with Crippen LogP contribution in [-0.2, 0) is 0 Å². The molecule has 84 valence electrons. The molecule has 1 aromatic rings. The summed E-state index contributed by atoms with van der Waals surface area (Å²) < 4.78 is 0. The molecule has 1 aromatic carbocycles.